The molecule has 1 saturated heterocycles. The van der Waals surface area contributed by atoms with E-state index in [0.717, 1.165) is 36.3 Å². The summed E-state index contributed by atoms with van der Waals surface area (Å²) in [4.78, 5) is 27.2. The van der Waals surface area contributed by atoms with Crippen molar-refractivity contribution in [2.24, 2.45) is 0 Å². The molecule has 1 aliphatic carbocycles. The zero-order valence-electron chi connectivity index (χ0n) is 17.7. The Labute approximate surface area is 186 Å². The number of amides is 2. The van der Waals surface area contributed by atoms with Gasteiger partial charge >= 0.3 is 0 Å². The second-order valence-electron chi connectivity index (χ2n) is 8.07. The fourth-order valence-electron chi connectivity index (χ4n) is 4.50. The molecule has 2 aromatic carbocycles. The first-order valence-electron chi connectivity index (χ1n) is 10.6. The lowest BCUT2D eigenvalue weighted by Gasteiger charge is -2.36. The second-order valence-corrected chi connectivity index (χ2v) is 9.91. The largest absolute Gasteiger partial charge is 0.497 e. The standard InChI is InChI=1S/C23H25FN2O5S/c1-31-19-11-9-17(10-12-19)25-22(27)15-21(23(25)28)26(18-5-3-2-4-6-18)32(29,30)20-13-7-16(24)8-14-20/h7-14,18,21H,2-6,15H2,1H3. The number of sulfonamides is 1. The molecule has 32 heavy (non-hydrogen) atoms. The Morgan fingerprint density at radius 3 is 2.19 bits per heavy atom. The number of benzene rings is 2. The van der Waals surface area contributed by atoms with E-state index in [9.17, 15) is 22.4 Å². The number of anilines is 1. The molecule has 170 valence electrons. The van der Waals surface area contributed by atoms with Gasteiger partial charge in [0.2, 0.25) is 15.9 Å². The van der Waals surface area contributed by atoms with Crippen LogP contribution in [0, 0.1) is 5.82 Å². The summed E-state index contributed by atoms with van der Waals surface area (Å²) in [6, 6.07) is 9.49. The predicted molar refractivity (Wildman–Crippen MR) is 116 cm³/mol. The van der Waals surface area contributed by atoms with Gasteiger partial charge in [0.25, 0.3) is 5.91 Å². The van der Waals surface area contributed by atoms with Gasteiger partial charge in [-0.2, -0.15) is 4.31 Å². The monoisotopic (exact) mass is 460 g/mol. The lowest BCUT2D eigenvalue weighted by molar-refractivity contribution is -0.122. The zero-order valence-corrected chi connectivity index (χ0v) is 18.6. The maximum atomic E-state index is 13.6. The molecule has 1 unspecified atom stereocenters. The first kappa shape index (κ1) is 22.4. The molecule has 0 N–H and O–H groups in total. The molecule has 7 nitrogen and oxygen atoms in total. The molecule has 0 bridgehead atoms. The summed E-state index contributed by atoms with van der Waals surface area (Å²) in [6.45, 7) is 0. The van der Waals surface area contributed by atoms with E-state index in [1.165, 1.54) is 23.5 Å². The van der Waals surface area contributed by atoms with Crippen LogP contribution in [0.5, 0.6) is 5.75 Å². The highest BCUT2D eigenvalue weighted by atomic mass is 32.2. The fourth-order valence-corrected chi connectivity index (χ4v) is 6.33. The van der Waals surface area contributed by atoms with E-state index in [-0.39, 0.29) is 11.3 Å². The van der Waals surface area contributed by atoms with Crippen molar-refractivity contribution in [3.63, 3.8) is 0 Å². The SMILES string of the molecule is COc1ccc(N2C(=O)CC(N(C3CCCCC3)S(=O)(=O)c3ccc(F)cc3)C2=O)cc1. The molecule has 9 heteroatoms. The topological polar surface area (TPSA) is 84.0 Å². The summed E-state index contributed by atoms with van der Waals surface area (Å²) < 4.78 is 47.0. The Morgan fingerprint density at radius 2 is 1.59 bits per heavy atom. The number of hydrogen-bond acceptors (Lipinski definition) is 5. The van der Waals surface area contributed by atoms with Gasteiger partial charge in [-0.05, 0) is 61.4 Å². The minimum Gasteiger partial charge on any atom is -0.497 e. The number of carbonyl (C=O) groups excluding carboxylic acids is 2. The number of methoxy groups -OCH3 is 1. The van der Waals surface area contributed by atoms with Crippen molar-refractivity contribution in [2.75, 3.05) is 12.0 Å². The number of carbonyl (C=O) groups is 2. The third kappa shape index (κ3) is 4.14. The van der Waals surface area contributed by atoms with E-state index in [1.54, 1.807) is 24.3 Å². The van der Waals surface area contributed by atoms with E-state index in [1.807, 2.05) is 0 Å². The van der Waals surface area contributed by atoms with Crippen LogP contribution in [0.25, 0.3) is 0 Å². The minimum atomic E-state index is -4.13. The summed E-state index contributed by atoms with van der Waals surface area (Å²) in [5.74, 6) is -1.00. The van der Waals surface area contributed by atoms with E-state index >= 15 is 0 Å². The molecule has 2 aliphatic rings. The predicted octanol–water partition coefficient (Wildman–Crippen LogP) is 3.49. The van der Waals surface area contributed by atoms with Crippen molar-refractivity contribution in [2.45, 2.75) is 55.5 Å². The van der Waals surface area contributed by atoms with Crippen molar-refractivity contribution >= 4 is 27.5 Å². The molecule has 1 heterocycles. The van der Waals surface area contributed by atoms with Gasteiger partial charge in [0.15, 0.2) is 0 Å². The molecule has 2 fully saturated rings. The molecular formula is C23H25FN2O5S. The van der Waals surface area contributed by atoms with Crippen molar-refractivity contribution < 1.29 is 27.1 Å². The van der Waals surface area contributed by atoms with E-state index < -0.39 is 39.7 Å². The third-order valence-electron chi connectivity index (χ3n) is 6.08. The highest BCUT2D eigenvalue weighted by Gasteiger charge is 2.49. The number of imide groups is 1. The zero-order chi connectivity index (χ0) is 22.9. The molecule has 1 saturated carbocycles. The van der Waals surface area contributed by atoms with Crippen LogP contribution >= 0.6 is 0 Å². The average molecular weight is 461 g/mol. The number of halogens is 1. The normalized spacial score (nSPS) is 20.2. The van der Waals surface area contributed by atoms with Gasteiger partial charge in [0, 0.05) is 6.04 Å². The highest BCUT2D eigenvalue weighted by molar-refractivity contribution is 7.89. The van der Waals surface area contributed by atoms with Crippen molar-refractivity contribution in [1.82, 2.24) is 4.31 Å². The van der Waals surface area contributed by atoms with Gasteiger partial charge in [-0.1, -0.05) is 19.3 Å². The van der Waals surface area contributed by atoms with Gasteiger partial charge in [0.05, 0.1) is 24.1 Å². The third-order valence-corrected chi connectivity index (χ3v) is 8.06. The molecule has 0 aromatic heterocycles. The molecule has 2 amide bonds. The summed E-state index contributed by atoms with van der Waals surface area (Å²) >= 11 is 0. The van der Waals surface area contributed by atoms with Crippen molar-refractivity contribution in [3.8, 4) is 5.75 Å². The summed E-state index contributed by atoms with van der Waals surface area (Å²) in [7, 11) is -2.61. The molecule has 0 spiro atoms. The Morgan fingerprint density at radius 1 is 0.969 bits per heavy atom. The second kappa shape index (κ2) is 8.99. The maximum absolute atomic E-state index is 13.6. The minimum absolute atomic E-state index is 0.0902. The first-order chi connectivity index (χ1) is 15.3. The van der Waals surface area contributed by atoms with Gasteiger partial charge < -0.3 is 4.74 Å². The van der Waals surface area contributed by atoms with Crippen LogP contribution < -0.4 is 9.64 Å². The van der Waals surface area contributed by atoms with Gasteiger partial charge in [-0.25, -0.2) is 17.7 Å². The van der Waals surface area contributed by atoms with Crippen LogP contribution in [-0.2, 0) is 19.6 Å². The number of ether oxygens (including phenoxy) is 1. The summed E-state index contributed by atoms with van der Waals surface area (Å²) in [5, 5.41) is 0. The van der Waals surface area contributed by atoms with Crippen LogP contribution in [0.15, 0.2) is 53.4 Å². The molecule has 2 aromatic rings. The molecule has 0 radical (unpaired) electrons. The molecule has 1 atom stereocenters. The van der Waals surface area contributed by atoms with Crippen LogP contribution in [0.4, 0.5) is 10.1 Å². The number of rotatable bonds is 6. The maximum Gasteiger partial charge on any atom is 0.252 e. The van der Waals surface area contributed by atoms with Gasteiger partial charge in [-0.15, -0.1) is 0 Å². The Balaban J connectivity index is 1.71. The van der Waals surface area contributed by atoms with Gasteiger partial charge in [0.1, 0.15) is 17.6 Å². The summed E-state index contributed by atoms with van der Waals surface area (Å²) in [6.07, 6.45) is 3.68. The summed E-state index contributed by atoms with van der Waals surface area (Å²) in [5.41, 5.74) is 0.367. The molecule has 1 aliphatic heterocycles. The van der Waals surface area contributed by atoms with Crippen molar-refractivity contribution in [1.29, 1.82) is 0 Å². The lowest BCUT2D eigenvalue weighted by Crippen LogP contribution is -2.51. The Bertz CT molecular complexity index is 1100. The average Bonchev–Trinajstić information content (AvgIpc) is 3.08. The number of nitrogens with zero attached hydrogens (tertiary/aromatic N) is 2. The van der Waals surface area contributed by atoms with E-state index in [4.69, 9.17) is 4.74 Å². The quantitative estimate of drug-likeness (QED) is 0.616. The van der Waals surface area contributed by atoms with Crippen LogP contribution in [0.1, 0.15) is 38.5 Å². The van der Waals surface area contributed by atoms with E-state index in [2.05, 4.69) is 0 Å². The molecular weight excluding hydrogens is 435 g/mol. The smallest absolute Gasteiger partial charge is 0.252 e. The Kier molecular flexibility index (Phi) is 6.30. The van der Waals surface area contributed by atoms with Crippen LogP contribution in [0.2, 0.25) is 0 Å². The number of hydrogen-bond donors (Lipinski definition) is 0. The highest BCUT2D eigenvalue weighted by Crippen LogP contribution is 2.35. The van der Waals surface area contributed by atoms with Gasteiger partial charge in [-0.3, -0.25) is 9.59 Å². The fraction of sp³-hybridized carbons (Fsp3) is 0.391. The van der Waals surface area contributed by atoms with E-state index in [0.29, 0.717) is 24.3 Å². The Hall–Kier alpha value is -2.78. The van der Waals surface area contributed by atoms with Crippen molar-refractivity contribution in [3.05, 3.63) is 54.3 Å². The van der Waals surface area contributed by atoms with Crippen LogP contribution in [0.3, 0.4) is 0 Å². The lowest BCUT2D eigenvalue weighted by atomic mass is 9.94. The first-order valence-corrected chi connectivity index (χ1v) is 12.1. The van der Waals surface area contributed by atoms with Crippen LogP contribution in [-0.4, -0.2) is 43.7 Å². The molecule has 4 rings (SSSR count).